The molecule has 0 amide bonds. The Hall–Kier alpha value is -0.470. The minimum absolute atomic E-state index is 0.136. The standard InChI is InChI=1S/C10H17O4P/c1-9(2)5-7(11)8(12)6-10(3,4)15(9,13)14/h5-6H2,1-4H3,(H,13,14). The molecule has 1 aliphatic rings. The van der Waals surface area contributed by atoms with E-state index in [2.05, 4.69) is 0 Å². The molecular formula is C10H17O4P. The predicted molar refractivity (Wildman–Crippen MR) is 57.2 cm³/mol. The summed E-state index contributed by atoms with van der Waals surface area (Å²) in [6.45, 7) is 6.30. The third kappa shape index (κ3) is 1.81. The summed E-state index contributed by atoms with van der Waals surface area (Å²) in [6.07, 6.45) is -0.272. The van der Waals surface area contributed by atoms with E-state index in [0.717, 1.165) is 0 Å². The number of rotatable bonds is 0. The Morgan fingerprint density at radius 1 is 1.00 bits per heavy atom. The number of carbonyl (C=O) groups excluding carboxylic acids is 2. The minimum Gasteiger partial charge on any atom is -0.344 e. The van der Waals surface area contributed by atoms with Gasteiger partial charge in [-0.3, -0.25) is 14.2 Å². The second kappa shape index (κ2) is 3.26. The average molecular weight is 232 g/mol. The maximum Gasteiger partial charge on any atom is 0.212 e. The topological polar surface area (TPSA) is 71.4 Å². The van der Waals surface area contributed by atoms with E-state index in [4.69, 9.17) is 0 Å². The van der Waals surface area contributed by atoms with E-state index in [-0.39, 0.29) is 12.8 Å². The summed E-state index contributed by atoms with van der Waals surface area (Å²) in [4.78, 5) is 32.9. The minimum atomic E-state index is -3.55. The maximum atomic E-state index is 12.3. The largest absolute Gasteiger partial charge is 0.344 e. The smallest absolute Gasteiger partial charge is 0.212 e. The molecule has 0 aromatic rings. The molecule has 0 aromatic heterocycles. The number of ketones is 2. The highest BCUT2D eigenvalue weighted by Crippen LogP contribution is 2.67. The van der Waals surface area contributed by atoms with Crippen LogP contribution >= 0.6 is 7.37 Å². The van der Waals surface area contributed by atoms with Crippen LogP contribution in [0.4, 0.5) is 0 Å². The Morgan fingerprint density at radius 3 is 1.53 bits per heavy atom. The van der Waals surface area contributed by atoms with Gasteiger partial charge in [0.25, 0.3) is 0 Å². The van der Waals surface area contributed by atoms with E-state index in [9.17, 15) is 19.0 Å². The molecule has 15 heavy (non-hydrogen) atoms. The van der Waals surface area contributed by atoms with Gasteiger partial charge in [0.1, 0.15) is 0 Å². The summed E-state index contributed by atoms with van der Waals surface area (Å²) in [5.74, 6) is -1.06. The summed E-state index contributed by atoms with van der Waals surface area (Å²) in [6, 6.07) is 0. The van der Waals surface area contributed by atoms with E-state index in [1.807, 2.05) is 0 Å². The lowest BCUT2D eigenvalue weighted by Gasteiger charge is -2.37. The molecule has 4 nitrogen and oxygen atoms in total. The lowest BCUT2D eigenvalue weighted by Crippen LogP contribution is -2.31. The summed E-state index contributed by atoms with van der Waals surface area (Å²) >= 11 is 0. The fourth-order valence-electron chi connectivity index (χ4n) is 2.02. The van der Waals surface area contributed by atoms with Crippen molar-refractivity contribution in [3.8, 4) is 0 Å². The van der Waals surface area contributed by atoms with Crippen LogP contribution in [-0.2, 0) is 14.2 Å². The molecule has 86 valence electrons. The van der Waals surface area contributed by atoms with Crippen molar-refractivity contribution in [1.82, 2.24) is 0 Å². The molecule has 1 heterocycles. The fraction of sp³-hybridized carbons (Fsp3) is 0.800. The van der Waals surface area contributed by atoms with Crippen molar-refractivity contribution in [3.05, 3.63) is 0 Å². The van der Waals surface area contributed by atoms with Gasteiger partial charge in [0.15, 0.2) is 11.6 Å². The van der Waals surface area contributed by atoms with E-state index in [1.54, 1.807) is 27.7 Å². The van der Waals surface area contributed by atoms with Gasteiger partial charge >= 0.3 is 0 Å². The monoisotopic (exact) mass is 232 g/mol. The van der Waals surface area contributed by atoms with Gasteiger partial charge in [0.2, 0.25) is 7.37 Å². The zero-order valence-electron chi connectivity index (χ0n) is 9.53. The molecule has 0 aliphatic carbocycles. The number of Topliss-reactive ketones (excluding diaryl/α,β-unsaturated/α-hetero) is 2. The van der Waals surface area contributed by atoms with Gasteiger partial charge in [0, 0.05) is 23.2 Å². The second-order valence-electron chi connectivity index (χ2n) is 5.40. The van der Waals surface area contributed by atoms with E-state index in [0.29, 0.717) is 0 Å². The van der Waals surface area contributed by atoms with Crippen LogP contribution in [0, 0.1) is 0 Å². The first-order valence-corrected chi connectivity index (χ1v) is 6.56. The molecule has 0 saturated carbocycles. The highest BCUT2D eigenvalue weighted by Gasteiger charge is 2.55. The molecule has 0 spiro atoms. The van der Waals surface area contributed by atoms with Crippen LogP contribution in [0.1, 0.15) is 40.5 Å². The molecule has 0 atom stereocenters. The molecule has 0 aromatic carbocycles. The Bertz CT molecular complexity index is 336. The first-order chi connectivity index (χ1) is 6.51. The third-order valence-corrected chi connectivity index (χ3v) is 6.74. The molecule has 1 fully saturated rings. The molecular weight excluding hydrogens is 215 g/mol. The zero-order valence-corrected chi connectivity index (χ0v) is 10.4. The summed E-state index contributed by atoms with van der Waals surface area (Å²) in [7, 11) is -3.55. The SMILES string of the molecule is CC1(C)CC(=O)C(=O)CC(C)(C)P1(=O)O. The quantitative estimate of drug-likeness (QED) is 0.510. The Labute approximate surface area is 89.5 Å². The van der Waals surface area contributed by atoms with Gasteiger partial charge in [0.05, 0.1) is 0 Å². The first-order valence-electron chi connectivity index (χ1n) is 4.90. The Morgan fingerprint density at radius 2 is 1.27 bits per heavy atom. The van der Waals surface area contributed by atoms with Crippen LogP contribution < -0.4 is 0 Å². The van der Waals surface area contributed by atoms with Gasteiger partial charge in [-0.1, -0.05) is 27.7 Å². The van der Waals surface area contributed by atoms with Crippen molar-refractivity contribution in [2.24, 2.45) is 0 Å². The number of carbonyl (C=O) groups is 2. The zero-order chi connectivity index (χ0) is 12.1. The summed E-state index contributed by atoms with van der Waals surface area (Å²) in [5.41, 5.74) is 0. The van der Waals surface area contributed by atoms with Crippen LogP contribution in [0.2, 0.25) is 0 Å². The molecule has 0 unspecified atom stereocenters. The Kier molecular flexibility index (Phi) is 2.74. The molecule has 1 rings (SSSR count). The lowest BCUT2D eigenvalue weighted by molar-refractivity contribution is -0.136. The molecule has 5 heteroatoms. The van der Waals surface area contributed by atoms with Crippen molar-refractivity contribution >= 4 is 18.9 Å². The van der Waals surface area contributed by atoms with Crippen molar-refractivity contribution < 1.29 is 19.0 Å². The highest BCUT2D eigenvalue weighted by molar-refractivity contribution is 7.61. The van der Waals surface area contributed by atoms with Crippen molar-refractivity contribution in [2.75, 3.05) is 0 Å². The lowest BCUT2D eigenvalue weighted by atomic mass is 9.99. The van der Waals surface area contributed by atoms with E-state index < -0.39 is 29.2 Å². The maximum absolute atomic E-state index is 12.3. The number of hydrogen-bond donors (Lipinski definition) is 1. The van der Waals surface area contributed by atoms with Crippen LogP contribution in [0.5, 0.6) is 0 Å². The molecule has 0 bridgehead atoms. The molecule has 1 N–H and O–H groups in total. The van der Waals surface area contributed by atoms with Crippen molar-refractivity contribution in [3.63, 3.8) is 0 Å². The fourth-order valence-corrected chi connectivity index (χ4v) is 4.37. The molecule has 1 aliphatic heterocycles. The predicted octanol–water partition coefficient (Wildman–Crippen LogP) is 1.75. The van der Waals surface area contributed by atoms with Gasteiger partial charge < -0.3 is 4.89 Å². The first kappa shape index (κ1) is 12.6. The van der Waals surface area contributed by atoms with E-state index in [1.165, 1.54) is 0 Å². The summed E-state index contributed by atoms with van der Waals surface area (Å²) < 4.78 is 12.3. The van der Waals surface area contributed by atoms with Gasteiger partial charge in [-0.25, -0.2) is 0 Å². The van der Waals surface area contributed by atoms with Gasteiger partial charge in [-0.05, 0) is 0 Å². The molecule has 0 radical (unpaired) electrons. The average Bonchev–Trinajstić information content (AvgIpc) is 2.03. The third-order valence-electron chi connectivity index (χ3n) is 3.14. The van der Waals surface area contributed by atoms with Crippen LogP contribution in [0.15, 0.2) is 0 Å². The van der Waals surface area contributed by atoms with Gasteiger partial charge in [-0.15, -0.1) is 0 Å². The number of hydrogen-bond acceptors (Lipinski definition) is 3. The molecule has 1 saturated heterocycles. The normalized spacial score (nSPS) is 28.6. The van der Waals surface area contributed by atoms with Crippen molar-refractivity contribution in [2.45, 2.75) is 50.8 Å². The summed E-state index contributed by atoms with van der Waals surface area (Å²) in [5, 5.41) is -2.03. The Balaban J connectivity index is 3.33. The van der Waals surface area contributed by atoms with Crippen LogP contribution in [0.25, 0.3) is 0 Å². The van der Waals surface area contributed by atoms with E-state index >= 15 is 0 Å². The second-order valence-corrected chi connectivity index (χ2v) is 8.97. The highest BCUT2D eigenvalue weighted by atomic mass is 31.2. The van der Waals surface area contributed by atoms with Crippen molar-refractivity contribution in [1.29, 1.82) is 0 Å². The van der Waals surface area contributed by atoms with Crippen LogP contribution in [-0.4, -0.2) is 26.8 Å². The van der Waals surface area contributed by atoms with Crippen LogP contribution in [0.3, 0.4) is 0 Å². The van der Waals surface area contributed by atoms with Gasteiger partial charge in [-0.2, -0.15) is 0 Å².